The fourth-order valence-electron chi connectivity index (χ4n) is 5.22. The molecule has 2 atom stereocenters. The van der Waals surface area contributed by atoms with Gasteiger partial charge in [0.25, 0.3) is 0 Å². The molecule has 4 rings (SSSR count). The Morgan fingerprint density at radius 1 is 0.730 bits per heavy atom. The average Bonchev–Trinajstić information content (AvgIpc) is 2.91. The molecule has 1 aliphatic rings. The Kier molecular flexibility index (Phi) is 9.85. The molecular weight excluding hydrogens is 469 g/mol. The standard InChI is InChI=1S/C33H39F3O/c1-3-4-5-6-7-8-9-10-26-16-18-28(33(36)32(26)35)25-14-12-24(13-15-25)27-17-19-29(30(34)21-27)31-20-11-23(2)22-37-31/h12-19,21,23,31H,3-11,20,22H2,1-2H3. The highest BCUT2D eigenvalue weighted by Gasteiger charge is 2.23. The molecule has 1 saturated heterocycles. The highest BCUT2D eigenvalue weighted by atomic mass is 19.2. The van der Waals surface area contributed by atoms with E-state index in [1.165, 1.54) is 31.7 Å². The van der Waals surface area contributed by atoms with Gasteiger partial charge in [0.15, 0.2) is 11.6 Å². The van der Waals surface area contributed by atoms with Crippen LogP contribution in [-0.4, -0.2) is 6.61 Å². The number of rotatable bonds is 11. The monoisotopic (exact) mass is 508 g/mol. The van der Waals surface area contributed by atoms with Gasteiger partial charge in [-0.1, -0.05) is 101 Å². The molecule has 37 heavy (non-hydrogen) atoms. The lowest BCUT2D eigenvalue weighted by molar-refractivity contribution is -0.0141. The summed E-state index contributed by atoms with van der Waals surface area (Å²) in [6, 6.07) is 15.8. The molecule has 3 aromatic rings. The van der Waals surface area contributed by atoms with Crippen LogP contribution in [-0.2, 0) is 11.2 Å². The predicted octanol–water partition coefficient (Wildman–Crippen LogP) is 10.2. The van der Waals surface area contributed by atoms with E-state index in [0.29, 0.717) is 35.6 Å². The number of ether oxygens (including phenoxy) is 1. The van der Waals surface area contributed by atoms with Crippen LogP contribution >= 0.6 is 0 Å². The van der Waals surface area contributed by atoms with E-state index < -0.39 is 11.6 Å². The third-order valence-electron chi connectivity index (χ3n) is 7.59. The third kappa shape index (κ3) is 7.04. The van der Waals surface area contributed by atoms with Gasteiger partial charge in [0.2, 0.25) is 0 Å². The second kappa shape index (κ2) is 13.3. The first kappa shape index (κ1) is 27.4. The summed E-state index contributed by atoms with van der Waals surface area (Å²) in [6.07, 6.45) is 10.2. The van der Waals surface area contributed by atoms with Crippen LogP contribution in [0.3, 0.4) is 0 Å². The van der Waals surface area contributed by atoms with Crippen LogP contribution in [0, 0.1) is 23.4 Å². The zero-order valence-electron chi connectivity index (χ0n) is 22.2. The molecule has 0 aromatic heterocycles. The Labute approximate surface area is 220 Å². The van der Waals surface area contributed by atoms with E-state index in [9.17, 15) is 13.2 Å². The van der Waals surface area contributed by atoms with Crippen LogP contribution in [0.2, 0.25) is 0 Å². The minimum Gasteiger partial charge on any atom is -0.373 e. The van der Waals surface area contributed by atoms with Crippen molar-refractivity contribution < 1.29 is 17.9 Å². The first-order valence-corrected chi connectivity index (χ1v) is 14.0. The molecular formula is C33H39F3O. The molecule has 198 valence electrons. The molecule has 1 fully saturated rings. The van der Waals surface area contributed by atoms with Gasteiger partial charge >= 0.3 is 0 Å². The molecule has 0 aliphatic carbocycles. The molecule has 3 aromatic carbocycles. The van der Waals surface area contributed by atoms with E-state index in [2.05, 4.69) is 13.8 Å². The number of hydrogen-bond acceptors (Lipinski definition) is 1. The van der Waals surface area contributed by atoms with E-state index in [-0.39, 0.29) is 17.5 Å². The van der Waals surface area contributed by atoms with Crippen molar-refractivity contribution >= 4 is 0 Å². The summed E-state index contributed by atoms with van der Waals surface area (Å²) >= 11 is 0. The number of unbranched alkanes of at least 4 members (excludes halogenated alkanes) is 6. The number of hydrogen-bond donors (Lipinski definition) is 0. The minimum absolute atomic E-state index is 0.195. The molecule has 1 heterocycles. The molecule has 4 heteroatoms. The molecule has 0 bridgehead atoms. The van der Waals surface area contributed by atoms with Crippen LogP contribution < -0.4 is 0 Å². The van der Waals surface area contributed by atoms with Gasteiger partial charge in [0.1, 0.15) is 5.82 Å². The highest BCUT2D eigenvalue weighted by molar-refractivity contribution is 5.71. The molecule has 1 nitrogen and oxygen atoms in total. The van der Waals surface area contributed by atoms with E-state index in [0.717, 1.165) is 43.2 Å². The smallest absolute Gasteiger partial charge is 0.166 e. The van der Waals surface area contributed by atoms with Crippen molar-refractivity contribution in [1.29, 1.82) is 0 Å². The van der Waals surface area contributed by atoms with Crippen molar-refractivity contribution in [1.82, 2.24) is 0 Å². The summed E-state index contributed by atoms with van der Waals surface area (Å²) < 4.78 is 50.5. The lowest BCUT2D eigenvalue weighted by Crippen LogP contribution is -2.19. The Morgan fingerprint density at radius 3 is 2.08 bits per heavy atom. The fourth-order valence-corrected chi connectivity index (χ4v) is 5.22. The van der Waals surface area contributed by atoms with Gasteiger partial charge in [-0.3, -0.25) is 0 Å². The van der Waals surface area contributed by atoms with Crippen LogP contribution in [0.4, 0.5) is 13.2 Å². The van der Waals surface area contributed by atoms with Gasteiger partial charge in [-0.2, -0.15) is 0 Å². The Morgan fingerprint density at radius 2 is 1.41 bits per heavy atom. The van der Waals surface area contributed by atoms with Crippen LogP contribution in [0.15, 0.2) is 54.6 Å². The van der Waals surface area contributed by atoms with E-state index in [4.69, 9.17) is 4.74 Å². The maximum Gasteiger partial charge on any atom is 0.166 e. The minimum atomic E-state index is -0.801. The lowest BCUT2D eigenvalue weighted by atomic mass is 9.93. The number of halogens is 3. The van der Waals surface area contributed by atoms with Crippen LogP contribution in [0.25, 0.3) is 22.3 Å². The topological polar surface area (TPSA) is 9.23 Å². The summed E-state index contributed by atoms with van der Waals surface area (Å²) in [7, 11) is 0. The maximum atomic E-state index is 14.9. The second-order valence-electron chi connectivity index (χ2n) is 10.6. The van der Waals surface area contributed by atoms with E-state index in [1.54, 1.807) is 30.3 Å². The van der Waals surface area contributed by atoms with Crippen molar-refractivity contribution in [2.75, 3.05) is 6.61 Å². The Bertz CT molecular complexity index is 1150. The van der Waals surface area contributed by atoms with Gasteiger partial charge < -0.3 is 4.74 Å². The zero-order chi connectivity index (χ0) is 26.2. The maximum absolute atomic E-state index is 14.9. The van der Waals surface area contributed by atoms with Crippen molar-refractivity contribution in [3.05, 3.63) is 83.2 Å². The van der Waals surface area contributed by atoms with Crippen molar-refractivity contribution in [3.8, 4) is 22.3 Å². The fraction of sp³-hybridized carbons (Fsp3) is 0.455. The van der Waals surface area contributed by atoms with E-state index in [1.807, 2.05) is 18.2 Å². The first-order valence-electron chi connectivity index (χ1n) is 14.0. The molecule has 0 N–H and O–H groups in total. The Hall–Kier alpha value is -2.59. The van der Waals surface area contributed by atoms with Crippen molar-refractivity contribution in [3.63, 3.8) is 0 Å². The third-order valence-corrected chi connectivity index (χ3v) is 7.59. The first-order chi connectivity index (χ1) is 18.0. The quantitative estimate of drug-likeness (QED) is 0.234. The van der Waals surface area contributed by atoms with Gasteiger partial charge in [-0.05, 0) is 59.9 Å². The molecule has 0 spiro atoms. The summed E-state index contributed by atoms with van der Waals surface area (Å²) in [5, 5.41) is 0. The molecule has 2 unspecified atom stereocenters. The highest BCUT2D eigenvalue weighted by Crippen LogP contribution is 2.34. The number of benzene rings is 3. The number of aryl methyl sites for hydroxylation is 1. The summed E-state index contributed by atoms with van der Waals surface area (Å²) in [5.41, 5.74) is 3.46. The average molecular weight is 509 g/mol. The van der Waals surface area contributed by atoms with Crippen molar-refractivity contribution in [2.24, 2.45) is 5.92 Å². The molecule has 1 aliphatic heterocycles. The van der Waals surface area contributed by atoms with Crippen LogP contribution in [0.5, 0.6) is 0 Å². The van der Waals surface area contributed by atoms with Gasteiger partial charge in [-0.15, -0.1) is 0 Å². The lowest BCUT2D eigenvalue weighted by Gasteiger charge is -2.27. The SMILES string of the molecule is CCCCCCCCCc1ccc(-c2ccc(-c3ccc(C4CCC(C)CO4)c(F)c3)cc2)c(F)c1F. The molecule has 0 saturated carbocycles. The summed E-state index contributed by atoms with van der Waals surface area (Å²) in [5.74, 6) is -1.31. The normalized spacial score (nSPS) is 17.8. The van der Waals surface area contributed by atoms with Gasteiger partial charge in [-0.25, -0.2) is 13.2 Å². The van der Waals surface area contributed by atoms with Crippen molar-refractivity contribution in [2.45, 2.75) is 84.2 Å². The van der Waals surface area contributed by atoms with Gasteiger partial charge in [0, 0.05) is 17.7 Å². The molecule has 0 radical (unpaired) electrons. The largest absolute Gasteiger partial charge is 0.373 e. The second-order valence-corrected chi connectivity index (χ2v) is 10.6. The van der Waals surface area contributed by atoms with Gasteiger partial charge in [0.05, 0.1) is 6.10 Å². The Balaban J connectivity index is 1.40. The van der Waals surface area contributed by atoms with E-state index >= 15 is 0 Å². The zero-order valence-corrected chi connectivity index (χ0v) is 22.2. The predicted molar refractivity (Wildman–Crippen MR) is 146 cm³/mol. The summed E-state index contributed by atoms with van der Waals surface area (Å²) in [6.45, 7) is 5.00. The molecule has 0 amide bonds. The summed E-state index contributed by atoms with van der Waals surface area (Å²) in [4.78, 5) is 0. The van der Waals surface area contributed by atoms with Crippen LogP contribution in [0.1, 0.15) is 88.9 Å².